The molecule has 0 radical (unpaired) electrons. The van der Waals surface area contributed by atoms with Crippen molar-refractivity contribution in [3.63, 3.8) is 0 Å². The molecule has 8 nitrogen and oxygen atoms in total. The van der Waals surface area contributed by atoms with Gasteiger partial charge in [-0.05, 0) is 13.3 Å². The second kappa shape index (κ2) is 10.9. The summed E-state index contributed by atoms with van der Waals surface area (Å²) in [5, 5.41) is 16.5. The maximum atomic E-state index is 11.5. The SMILES string of the molecule is CCC(C)NC(=O)CCNC(=O)NC(CCOC)C(=O)O. The summed E-state index contributed by atoms with van der Waals surface area (Å²) in [6.07, 6.45) is 1.15. The minimum Gasteiger partial charge on any atom is -0.480 e. The van der Waals surface area contributed by atoms with Gasteiger partial charge in [0.2, 0.25) is 5.91 Å². The number of hydrogen-bond acceptors (Lipinski definition) is 4. The fraction of sp³-hybridized carbons (Fsp3) is 0.769. The van der Waals surface area contributed by atoms with Crippen LogP contribution in [0.25, 0.3) is 0 Å². The number of methoxy groups -OCH3 is 1. The zero-order valence-electron chi connectivity index (χ0n) is 12.8. The van der Waals surface area contributed by atoms with Crippen molar-refractivity contribution in [1.82, 2.24) is 16.0 Å². The number of carboxylic acids is 1. The van der Waals surface area contributed by atoms with Crippen LogP contribution < -0.4 is 16.0 Å². The third-order valence-electron chi connectivity index (χ3n) is 2.87. The second-order valence-electron chi connectivity index (χ2n) is 4.70. The summed E-state index contributed by atoms with van der Waals surface area (Å²) in [6, 6.07) is -1.54. The Morgan fingerprint density at radius 3 is 2.43 bits per heavy atom. The first-order valence-electron chi connectivity index (χ1n) is 6.96. The lowest BCUT2D eigenvalue weighted by Crippen LogP contribution is -2.47. The molecule has 0 spiro atoms. The number of hydrogen-bond donors (Lipinski definition) is 4. The van der Waals surface area contributed by atoms with E-state index in [0.717, 1.165) is 6.42 Å². The lowest BCUT2D eigenvalue weighted by Gasteiger charge is -2.15. The molecular formula is C13H25N3O5. The molecule has 0 aliphatic heterocycles. The average molecular weight is 303 g/mol. The highest BCUT2D eigenvalue weighted by Gasteiger charge is 2.19. The number of carbonyl (C=O) groups excluding carboxylic acids is 2. The number of carboxylic acid groups (broad SMARTS) is 1. The van der Waals surface area contributed by atoms with Crippen molar-refractivity contribution in [1.29, 1.82) is 0 Å². The molecular weight excluding hydrogens is 278 g/mol. The summed E-state index contributed by atoms with van der Waals surface area (Å²) in [5.74, 6) is -1.28. The molecule has 0 saturated heterocycles. The Morgan fingerprint density at radius 1 is 1.24 bits per heavy atom. The Labute approximate surface area is 124 Å². The van der Waals surface area contributed by atoms with Crippen molar-refractivity contribution in [3.8, 4) is 0 Å². The smallest absolute Gasteiger partial charge is 0.326 e. The highest BCUT2D eigenvalue weighted by atomic mass is 16.5. The van der Waals surface area contributed by atoms with Gasteiger partial charge in [0.1, 0.15) is 6.04 Å². The van der Waals surface area contributed by atoms with E-state index in [1.165, 1.54) is 7.11 Å². The molecule has 0 aliphatic carbocycles. The Balaban J connectivity index is 3.97. The first kappa shape index (κ1) is 19.2. The van der Waals surface area contributed by atoms with Crippen molar-refractivity contribution in [2.75, 3.05) is 20.3 Å². The fourth-order valence-electron chi connectivity index (χ4n) is 1.44. The minimum atomic E-state index is -1.13. The van der Waals surface area contributed by atoms with E-state index in [1.54, 1.807) is 0 Å². The molecule has 4 N–H and O–H groups in total. The number of amides is 3. The Hall–Kier alpha value is -1.83. The summed E-state index contributed by atoms with van der Waals surface area (Å²) in [6.45, 7) is 4.23. The van der Waals surface area contributed by atoms with Crippen molar-refractivity contribution < 1.29 is 24.2 Å². The van der Waals surface area contributed by atoms with Crippen molar-refractivity contribution >= 4 is 17.9 Å². The van der Waals surface area contributed by atoms with E-state index < -0.39 is 18.0 Å². The maximum Gasteiger partial charge on any atom is 0.326 e. The molecule has 0 aromatic heterocycles. The maximum absolute atomic E-state index is 11.5. The van der Waals surface area contributed by atoms with Crippen LogP contribution in [0.1, 0.15) is 33.1 Å². The zero-order chi connectivity index (χ0) is 16.3. The number of rotatable bonds is 10. The molecule has 8 heteroatoms. The molecule has 0 bridgehead atoms. The average Bonchev–Trinajstić information content (AvgIpc) is 2.42. The number of ether oxygens (including phenoxy) is 1. The summed E-state index contributed by atoms with van der Waals surface area (Å²) in [5.41, 5.74) is 0. The van der Waals surface area contributed by atoms with Crippen molar-refractivity contribution in [3.05, 3.63) is 0 Å². The van der Waals surface area contributed by atoms with E-state index in [1.807, 2.05) is 13.8 Å². The first-order chi connectivity index (χ1) is 9.90. The molecule has 0 heterocycles. The van der Waals surface area contributed by atoms with Crippen LogP contribution in [0, 0.1) is 0 Å². The molecule has 0 saturated carbocycles. The Bertz CT molecular complexity index is 349. The molecule has 2 unspecified atom stereocenters. The topological polar surface area (TPSA) is 117 Å². The third-order valence-corrected chi connectivity index (χ3v) is 2.87. The molecule has 0 aliphatic rings. The van der Waals surface area contributed by atoms with E-state index in [9.17, 15) is 14.4 Å². The molecule has 0 fully saturated rings. The van der Waals surface area contributed by atoms with Crippen LogP contribution in [0.4, 0.5) is 4.79 Å². The molecule has 2 atom stereocenters. The van der Waals surface area contributed by atoms with Crippen LogP contribution in [0.5, 0.6) is 0 Å². The first-order valence-corrected chi connectivity index (χ1v) is 6.96. The highest BCUT2D eigenvalue weighted by molar-refractivity contribution is 5.83. The molecule has 122 valence electrons. The van der Waals surface area contributed by atoms with E-state index >= 15 is 0 Å². The lowest BCUT2D eigenvalue weighted by atomic mass is 10.2. The largest absolute Gasteiger partial charge is 0.480 e. The predicted molar refractivity (Wildman–Crippen MR) is 77.0 cm³/mol. The van der Waals surface area contributed by atoms with Crippen molar-refractivity contribution in [2.24, 2.45) is 0 Å². The molecule has 0 aromatic rings. The van der Waals surface area contributed by atoms with E-state index in [-0.39, 0.29) is 37.9 Å². The predicted octanol–water partition coefficient (Wildman–Crippen LogP) is 0.0801. The van der Waals surface area contributed by atoms with Gasteiger partial charge in [0.05, 0.1) is 0 Å². The van der Waals surface area contributed by atoms with E-state index in [2.05, 4.69) is 16.0 Å². The van der Waals surface area contributed by atoms with Gasteiger partial charge < -0.3 is 25.8 Å². The lowest BCUT2D eigenvalue weighted by molar-refractivity contribution is -0.139. The van der Waals surface area contributed by atoms with Crippen LogP contribution in [-0.2, 0) is 14.3 Å². The summed E-state index contributed by atoms with van der Waals surface area (Å²) in [7, 11) is 1.45. The summed E-state index contributed by atoms with van der Waals surface area (Å²) < 4.78 is 4.78. The second-order valence-corrected chi connectivity index (χ2v) is 4.70. The van der Waals surface area contributed by atoms with Crippen LogP contribution >= 0.6 is 0 Å². The number of urea groups is 1. The molecule has 3 amide bonds. The van der Waals surface area contributed by atoms with Crippen molar-refractivity contribution in [2.45, 2.75) is 45.2 Å². The van der Waals surface area contributed by atoms with Gasteiger partial charge in [-0.1, -0.05) is 6.92 Å². The zero-order valence-corrected chi connectivity index (χ0v) is 12.8. The number of carbonyl (C=O) groups is 3. The summed E-state index contributed by atoms with van der Waals surface area (Å²) in [4.78, 5) is 33.9. The van der Waals surface area contributed by atoms with Gasteiger partial charge in [-0.2, -0.15) is 0 Å². The van der Waals surface area contributed by atoms with Crippen LogP contribution in [-0.4, -0.2) is 55.4 Å². The fourth-order valence-corrected chi connectivity index (χ4v) is 1.44. The molecule has 0 rings (SSSR count). The highest BCUT2D eigenvalue weighted by Crippen LogP contribution is 1.93. The van der Waals surface area contributed by atoms with Gasteiger partial charge in [-0.25, -0.2) is 9.59 Å². The van der Waals surface area contributed by atoms with E-state index in [4.69, 9.17) is 9.84 Å². The standard InChI is InChI=1S/C13H25N3O5/c1-4-9(2)15-11(17)5-7-14-13(20)16-10(12(18)19)6-8-21-3/h9-10H,4-8H2,1-3H3,(H,15,17)(H,18,19)(H2,14,16,20). The van der Waals surface area contributed by atoms with Gasteiger partial charge in [-0.3, -0.25) is 4.79 Å². The normalized spacial score (nSPS) is 13.1. The van der Waals surface area contributed by atoms with Gasteiger partial charge in [-0.15, -0.1) is 0 Å². The van der Waals surface area contributed by atoms with Gasteiger partial charge in [0, 0.05) is 39.1 Å². The minimum absolute atomic E-state index is 0.0942. The Kier molecular flexibility index (Phi) is 9.95. The van der Waals surface area contributed by atoms with E-state index in [0.29, 0.717) is 0 Å². The number of aliphatic carboxylic acids is 1. The van der Waals surface area contributed by atoms with Crippen LogP contribution in [0.2, 0.25) is 0 Å². The van der Waals surface area contributed by atoms with Crippen LogP contribution in [0.15, 0.2) is 0 Å². The summed E-state index contributed by atoms with van der Waals surface area (Å²) >= 11 is 0. The third kappa shape index (κ3) is 9.67. The molecule has 21 heavy (non-hydrogen) atoms. The van der Waals surface area contributed by atoms with Gasteiger partial charge in [0.25, 0.3) is 0 Å². The quantitative estimate of drug-likeness (QED) is 0.456. The monoisotopic (exact) mass is 303 g/mol. The molecule has 0 aromatic carbocycles. The van der Waals surface area contributed by atoms with Gasteiger partial charge in [0.15, 0.2) is 0 Å². The van der Waals surface area contributed by atoms with Gasteiger partial charge >= 0.3 is 12.0 Å². The van der Waals surface area contributed by atoms with Crippen LogP contribution in [0.3, 0.4) is 0 Å². The number of nitrogens with one attached hydrogen (secondary N) is 3. The Morgan fingerprint density at radius 2 is 1.90 bits per heavy atom.